The van der Waals surface area contributed by atoms with E-state index in [0.29, 0.717) is 29.1 Å². The summed E-state index contributed by atoms with van der Waals surface area (Å²) in [6, 6.07) is 17.3. The average molecular weight is 379 g/mol. The lowest BCUT2D eigenvalue weighted by molar-refractivity contribution is 0.0319. The number of para-hydroxylation sites is 1. The zero-order chi connectivity index (χ0) is 19.9. The van der Waals surface area contributed by atoms with E-state index in [1.807, 2.05) is 12.1 Å². The first-order valence-corrected chi connectivity index (χ1v) is 8.83. The van der Waals surface area contributed by atoms with Gasteiger partial charge in [0.25, 0.3) is 0 Å². The molecule has 0 unspecified atom stereocenters. The fourth-order valence-corrected chi connectivity index (χ4v) is 2.68. The number of furan rings is 1. The molecule has 2 aromatic carbocycles. The minimum absolute atomic E-state index is 0.281. The summed E-state index contributed by atoms with van der Waals surface area (Å²) >= 11 is 0. The number of benzene rings is 2. The van der Waals surface area contributed by atoms with E-state index in [-0.39, 0.29) is 5.78 Å². The van der Waals surface area contributed by atoms with Crippen molar-refractivity contribution in [1.82, 2.24) is 0 Å². The molecule has 0 fully saturated rings. The average Bonchev–Trinajstić information content (AvgIpc) is 3.25. The van der Waals surface area contributed by atoms with Gasteiger partial charge in [0.1, 0.15) is 11.5 Å². The number of rotatable bonds is 8. The van der Waals surface area contributed by atoms with Gasteiger partial charge >= 0.3 is 5.97 Å². The summed E-state index contributed by atoms with van der Waals surface area (Å²) in [7, 11) is 1.55. The Labute approximate surface area is 163 Å². The Bertz CT molecular complexity index is 932. The smallest absolute Gasteiger partial charge is 0.340 e. The minimum Gasteiger partial charge on any atom is -0.497 e. The van der Waals surface area contributed by atoms with Crippen LogP contribution in [0.15, 0.2) is 71.3 Å². The largest absolute Gasteiger partial charge is 0.497 e. The maximum Gasteiger partial charge on any atom is 0.340 e. The van der Waals surface area contributed by atoms with Crippen LogP contribution in [0.5, 0.6) is 5.75 Å². The van der Waals surface area contributed by atoms with Crippen LogP contribution in [0.3, 0.4) is 0 Å². The molecule has 144 valence electrons. The molecular formula is C22H21NO5. The molecule has 3 rings (SSSR count). The van der Waals surface area contributed by atoms with Crippen LogP contribution in [-0.4, -0.2) is 25.0 Å². The van der Waals surface area contributed by atoms with E-state index in [1.54, 1.807) is 68.8 Å². The highest BCUT2D eigenvalue weighted by atomic mass is 16.5. The number of esters is 1. The van der Waals surface area contributed by atoms with E-state index in [4.69, 9.17) is 13.9 Å². The number of Topliss-reactive ketones (excluding diaryl/α,β-unsaturated/α-hetero) is 1. The van der Waals surface area contributed by atoms with Gasteiger partial charge in [0, 0.05) is 11.3 Å². The number of hydrogen-bond donors (Lipinski definition) is 1. The second-order valence-electron chi connectivity index (χ2n) is 6.12. The molecule has 1 atom stereocenters. The highest BCUT2D eigenvalue weighted by molar-refractivity contribution is 6.02. The van der Waals surface area contributed by atoms with Crippen molar-refractivity contribution in [3.05, 3.63) is 83.8 Å². The SMILES string of the molecule is COc1ccc(C(=O)[C@H](C)OC(=O)c2ccccc2NCc2ccco2)cc1. The summed E-state index contributed by atoms with van der Waals surface area (Å²) in [4.78, 5) is 25.1. The molecule has 3 aromatic rings. The van der Waals surface area contributed by atoms with Crippen molar-refractivity contribution in [3.8, 4) is 5.75 Å². The number of ether oxygens (including phenoxy) is 2. The van der Waals surface area contributed by atoms with Gasteiger partial charge in [-0.1, -0.05) is 12.1 Å². The first-order valence-electron chi connectivity index (χ1n) is 8.83. The third-order valence-corrected chi connectivity index (χ3v) is 4.21. The summed E-state index contributed by atoms with van der Waals surface area (Å²) in [6.45, 7) is 1.99. The topological polar surface area (TPSA) is 77.8 Å². The summed E-state index contributed by atoms with van der Waals surface area (Å²) in [6.07, 6.45) is 0.669. The number of hydrogen-bond acceptors (Lipinski definition) is 6. The molecule has 28 heavy (non-hydrogen) atoms. The van der Waals surface area contributed by atoms with Gasteiger partial charge < -0.3 is 19.2 Å². The number of carbonyl (C=O) groups is 2. The van der Waals surface area contributed by atoms with E-state index in [9.17, 15) is 9.59 Å². The van der Waals surface area contributed by atoms with Crippen LogP contribution in [0.1, 0.15) is 33.4 Å². The molecule has 0 bridgehead atoms. The van der Waals surface area contributed by atoms with E-state index in [0.717, 1.165) is 5.76 Å². The Hall–Kier alpha value is -3.54. The zero-order valence-corrected chi connectivity index (χ0v) is 15.7. The van der Waals surface area contributed by atoms with Gasteiger partial charge in [-0.3, -0.25) is 4.79 Å². The van der Waals surface area contributed by atoms with Gasteiger partial charge in [0.05, 0.1) is 25.5 Å². The fourth-order valence-electron chi connectivity index (χ4n) is 2.68. The van der Waals surface area contributed by atoms with Gasteiger partial charge in [0.2, 0.25) is 5.78 Å². The van der Waals surface area contributed by atoms with Gasteiger partial charge in [-0.15, -0.1) is 0 Å². The van der Waals surface area contributed by atoms with Crippen molar-refractivity contribution in [2.24, 2.45) is 0 Å². The second-order valence-corrected chi connectivity index (χ2v) is 6.12. The number of methoxy groups -OCH3 is 1. The Morgan fingerprint density at radius 1 is 1.04 bits per heavy atom. The third kappa shape index (κ3) is 4.59. The molecule has 0 radical (unpaired) electrons. The van der Waals surface area contributed by atoms with Crippen LogP contribution in [0, 0.1) is 0 Å². The molecular weight excluding hydrogens is 358 g/mol. The lowest BCUT2D eigenvalue weighted by Gasteiger charge is -2.15. The summed E-state index contributed by atoms with van der Waals surface area (Å²) in [5, 5.41) is 3.15. The Morgan fingerprint density at radius 2 is 1.79 bits per heavy atom. The van der Waals surface area contributed by atoms with Crippen molar-refractivity contribution >= 4 is 17.4 Å². The van der Waals surface area contributed by atoms with Crippen molar-refractivity contribution < 1.29 is 23.5 Å². The van der Waals surface area contributed by atoms with Crippen LogP contribution in [-0.2, 0) is 11.3 Å². The van der Waals surface area contributed by atoms with E-state index in [2.05, 4.69) is 5.32 Å². The second kappa shape index (κ2) is 8.90. The number of ketones is 1. The van der Waals surface area contributed by atoms with Crippen molar-refractivity contribution in [2.45, 2.75) is 19.6 Å². The van der Waals surface area contributed by atoms with Crippen molar-refractivity contribution in [1.29, 1.82) is 0 Å². The minimum atomic E-state index is -0.918. The maximum atomic E-state index is 12.6. The van der Waals surface area contributed by atoms with Crippen LogP contribution < -0.4 is 10.1 Å². The van der Waals surface area contributed by atoms with Gasteiger partial charge in [0.15, 0.2) is 6.10 Å². The number of nitrogens with one attached hydrogen (secondary N) is 1. The van der Waals surface area contributed by atoms with E-state index >= 15 is 0 Å². The van der Waals surface area contributed by atoms with Crippen LogP contribution >= 0.6 is 0 Å². The van der Waals surface area contributed by atoms with Crippen LogP contribution in [0.2, 0.25) is 0 Å². The molecule has 0 saturated heterocycles. The molecule has 0 aliphatic rings. The predicted octanol–water partition coefficient (Wildman–Crippen LogP) is 4.33. The highest BCUT2D eigenvalue weighted by Gasteiger charge is 2.22. The molecule has 6 nitrogen and oxygen atoms in total. The molecule has 0 aliphatic heterocycles. The van der Waals surface area contributed by atoms with Gasteiger partial charge in [-0.05, 0) is 55.5 Å². The van der Waals surface area contributed by atoms with E-state index < -0.39 is 12.1 Å². The summed E-state index contributed by atoms with van der Waals surface area (Å²) in [5.74, 6) is 0.540. The van der Waals surface area contributed by atoms with Gasteiger partial charge in [-0.25, -0.2) is 4.79 Å². The molecule has 1 N–H and O–H groups in total. The third-order valence-electron chi connectivity index (χ3n) is 4.21. The lowest BCUT2D eigenvalue weighted by Crippen LogP contribution is -2.25. The van der Waals surface area contributed by atoms with E-state index in [1.165, 1.54) is 0 Å². The molecule has 0 aliphatic carbocycles. The summed E-state index contributed by atoms with van der Waals surface area (Å²) in [5.41, 5.74) is 1.40. The van der Waals surface area contributed by atoms with Gasteiger partial charge in [-0.2, -0.15) is 0 Å². The van der Waals surface area contributed by atoms with Crippen LogP contribution in [0.4, 0.5) is 5.69 Å². The lowest BCUT2D eigenvalue weighted by atomic mass is 10.1. The Balaban J connectivity index is 1.67. The van der Waals surface area contributed by atoms with Crippen LogP contribution in [0.25, 0.3) is 0 Å². The first-order chi connectivity index (χ1) is 13.6. The van der Waals surface area contributed by atoms with Crippen molar-refractivity contribution in [2.75, 3.05) is 12.4 Å². The molecule has 0 saturated carbocycles. The number of anilines is 1. The molecule has 1 heterocycles. The standard InChI is InChI=1S/C22H21NO5/c1-15(21(24)16-9-11-17(26-2)12-10-16)28-22(25)19-7-3-4-8-20(19)23-14-18-6-5-13-27-18/h3-13,15,23H,14H2,1-2H3/t15-/m0/s1. The zero-order valence-electron chi connectivity index (χ0n) is 15.7. The molecule has 1 aromatic heterocycles. The Kier molecular flexibility index (Phi) is 6.11. The Morgan fingerprint density at radius 3 is 2.46 bits per heavy atom. The monoisotopic (exact) mass is 379 g/mol. The normalized spacial score (nSPS) is 11.5. The molecule has 6 heteroatoms. The van der Waals surface area contributed by atoms with Crippen molar-refractivity contribution in [3.63, 3.8) is 0 Å². The quantitative estimate of drug-likeness (QED) is 0.464. The highest BCUT2D eigenvalue weighted by Crippen LogP contribution is 2.19. The number of carbonyl (C=O) groups excluding carboxylic acids is 2. The molecule has 0 amide bonds. The molecule has 0 spiro atoms. The predicted molar refractivity (Wildman–Crippen MR) is 105 cm³/mol. The fraction of sp³-hybridized carbons (Fsp3) is 0.182. The summed E-state index contributed by atoms with van der Waals surface area (Å²) < 4.78 is 15.8. The maximum absolute atomic E-state index is 12.6. The first kappa shape index (κ1) is 19.2.